The van der Waals surface area contributed by atoms with Crippen molar-refractivity contribution in [1.29, 1.82) is 0 Å². The van der Waals surface area contributed by atoms with Gasteiger partial charge in [-0.05, 0) is 103 Å². The molecule has 3 amide bonds. The van der Waals surface area contributed by atoms with Gasteiger partial charge >= 0.3 is 12.1 Å². The number of aromatic nitrogens is 1. The van der Waals surface area contributed by atoms with Crippen LogP contribution in [0, 0.1) is 0 Å². The summed E-state index contributed by atoms with van der Waals surface area (Å²) in [4.78, 5) is 54.9. The molecule has 1 aromatic heterocycles. The first-order valence-electron chi connectivity index (χ1n) is 18.2. The van der Waals surface area contributed by atoms with Gasteiger partial charge in [-0.25, -0.2) is 9.59 Å². The molecule has 0 saturated carbocycles. The van der Waals surface area contributed by atoms with E-state index in [4.69, 9.17) is 14.2 Å². The number of alkyl carbamates (subject to hydrolysis) is 1. The van der Waals surface area contributed by atoms with Gasteiger partial charge in [0.25, 0.3) is 5.91 Å². The lowest BCUT2D eigenvalue weighted by molar-refractivity contribution is -0.157. The van der Waals surface area contributed by atoms with Crippen LogP contribution in [-0.4, -0.2) is 70.7 Å². The second kappa shape index (κ2) is 18.4. The number of benzene rings is 3. The minimum Gasteiger partial charge on any atom is -0.489 e. The number of unbranched alkanes of at least 4 members (excludes halogenated alkanes) is 1. The van der Waals surface area contributed by atoms with Crippen molar-refractivity contribution in [2.75, 3.05) is 20.1 Å². The van der Waals surface area contributed by atoms with Gasteiger partial charge in [0.15, 0.2) is 0 Å². The van der Waals surface area contributed by atoms with Crippen molar-refractivity contribution in [1.82, 2.24) is 20.1 Å². The number of nitrogens with zero attached hydrogens (tertiary/aromatic N) is 2. The predicted octanol–water partition coefficient (Wildman–Crippen LogP) is 7.06. The number of likely N-dealkylation sites (N-methyl/N-ethyl adjacent to an activating group) is 1. The molecule has 0 aliphatic rings. The first-order valence-corrected chi connectivity index (χ1v) is 18.2. The Morgan fingerprint density at radius 2 is 1.43 bits per heavy atom. The lowest BCUT2D eigenvalue weighted by Crippen LogP contribution is -2.45. The van der Waals surface area contributed by atoms with Crippen LogP contribution in [0.15, 0.2) is 84.9 Å². The summed E-state index contributed by atoms with van der Waals surface area (Å²) in [6.07, 6.45) is 1.50. The number of carbonyl (C=O) groups excluding carboxylic acids is 4. The third-order valence-electron chi connectivity index (χ3n) is 8.24. The van der Waals surface area contributed by atoms with E-state index in [1.54, 1.807) is 64.1 Å². The Bertz CT molecular complexity index is 1830. The molecular formula is C42H54N4O7. The van der Waals surface area contributed by atoms with Crippen molar-refractivity contribution in [2.24, 2.45) is 0 Å². The number of carbonyl (C=O) groups is 4. The summed E-state index contributed by atoms with van der Waals surface area (Å²) in [5.41, 5.74) is 1.65. The first kappa shape index (κ1) is 40.5. The van der Waals surface area contributed by atoms with Gasteiger partial charge in [0.2, 0.25) is 5.91 Å². The van der Waals surface area contributed by atoms with Crippen molar-refractivity contribution in [2.45, 2.75) is 97.6 Å². The molecule has 11 heteroatoms. The highest BCUT2D eigenvalue weighted by Crippen LogP contribution is 2.26. The molecule has 0 spiro atoms. The van der Waals surface area contributed by atoms with Crippen LogP contribution < -0.4 is 15.4 Å². The van der Waals surface area contributed by atoms with E-state index in [-0.39, 0.29) is 24.6 Å². The average Bonchev–Trinajstić information content (AvgIpc) is 3.45. The van der Waals surface area contributed by atoms with Crippen LogP contribution in [0.1, 0.15) is 82.4 Å². The zero-order chi connectivity index (χ0) is 38.6. The highest BCUT2D eigenvalue weighted by atomic mass is 16.6. The van der Waals surface area contributed by atoms with Crippen molar-refractivity contribution in [3.63, 3.8) is 0 Å². The number of hydrogen-bond donors (Lipinski definition) is 2. The first-order chi connectivity index (χ1) is 25.1. The van der Waals surface area contributed by atoms with Crippen molar-refractivity contribution >= 4 is 34.8 Å². The van der Waals surface area contributed by atoms with E-state index in [1.165, 1.54) is 0 Å². The van der Waals surface area contributed by atoms with Crippen LogP contribution in [0.25, 0.3) is 10.9 Å². The van der Waals surface area contributed by atoms with Crippen LogP contribution in [0.4, 0.5) is 4.79 Å². The fraction of sp³-hybridized carbons (Fsp3) is 0.429. The topological polar surface area (TPSA) is 128 Å². The molecule has 1 heterocycles. The lowest BCUT2D eigenvalue weighted by atomic mass is 10.1. The van der Waals surface area contributed by atoms with E-state index in [0.29, 0.717) is 55.6 Å². The second-order valence-corrected chi connectivity index (χ2v) is 15.1. The molecule has 0 aliphatic carbocycles. The van der Waals surface area contributed by atoms with Crippen LogP contribution in [-0.2, 0) is 38.6 Å². The third kappa shape index (κ3) is 13.3. The van der Waals surface area contributed by atoms with Crippen LogP contribution in [0.2, 0.25) is 0 Å². The lowest BCUT2D eigenvalue weighted by Gasteiger charge is -2.25. The Labute approximate surface area is 313 Å². The number of amides is 3. The summed E-state index contributed by atoms with van der Waals surface area (Å²) in [5, 5.41) is 6.33. The molecule has 284 valence electrons. The molecule has 1 unspecified atom stereocenters. The van der Waals surface area contributed by atoms with Gasteiger partial charge in [-0.1, -0.05) is 60.7 Å². The van der Waals surface area contributed by atoms with Crippen LogP contribution >= 0.6 is 0 Å². The van der Waals surface area contributed by atoms with E-state index in [1.807, 2.05) is 78.9 Å². The Balaban J connectivity index is 1.54. The summed E-state index contributed by atoms with van der Waals surface area (Å²) in [6, 6.07) is 26.0. The van der Waals surface area contributed by atoms with Gasteiger partial charge in [0, 0.05) is 31.0 Å². The molecule has 3 aromatic carbocycles. The van der Waals surface area contributed by atoms with E-state index >= 15 is 0 Å². The maximum atomic E-state index is 14.1. The number of hydrogen-bond acceptors (Lipinski definition) is 7. The molecule has 4 rings (SSSR count). The molecular weight excluding hydrogens is 672 g/mol. The average molecular weight is 727 g/mol. The number of nitrogens with one attached hydrogen (secondary N) is 2. The van der Waals surface area contributed by atoms with Gasteiger partial charge in [-0.2, -0.15) is 0 Å². The van der Waals surface area contributed by atoms with E-state index in [9.17, 15) is 19.2 Å². The molecule has 2 N–H and O–H groups in total. The zero-order valence-electron chi connectivity index (χ0n) is 32.1. The van der Waals surface area contributed by atoms with Gasteiger partial charge in [0.1, 0.15) is 41.8 Å². The molecule has 0 aliphatic heterocycles. The normalized spacial score (nSPS) is 12.1. The molecule has 4 aromatic rings. The number of ether oxygens (including phenoxy) is 3. The minimum atomic E-state index is -0.969. The van der Waals surface area contributed by atoms with Crippen LogP contribution in [0.5, 0.6) is 5.75 Å². The molecule has 0 saturated heterocycles. The highest BCUT2D eigenvalue weighted by molar-refractivity contribution is 6.01. The van der Waals surface area contributed by atoms with Crippen molar-refractivity contribution in [3.05, 3.63) is 102 Å². The molecule has 53 heavy (non-hydrogen) atoms. The fourth-order valence-corrected chi connectivity index (χ4v) is 5.59. The largest absolute Gasteiger partial charge is 0.489 e. The SMILES string of the molecule is CN(CCc1ccccc1)C(=O)Cn1c(C(=O)NC(CCCCNC(=O)OC(C)(C)C)C(=O)OC(C)(C)C)cc2cc(OCc3ccccc3)ccc21. The Kier molecular flexibility index (Phi) is 14.1. The van der Waals surface area contributed by atoms with Crippen molar-refractivity contribution < 1.29 is 33.4 Å². The van der Waals surface area contributed by atoms with Gasteiger partial charge < -0.3 is 34.3 Å². The monoisotopic (exact) mass is 726 g/mol. The number of fused-ring (bicyclic) bond motifs is 1. The third-order valence-corrected chi connectivity index (χ3v) is 8.24. The van der Waals surface area contributed by atoms with Gasteiger partial charge in [-0.15, -0.1) is 0 Å². The summed E-state index contributed by atoms with van der Waals surface area (Å²) < 4.78 is 18.7. The maximum Gasteiger partial charge on any atom is 0.407 e. The van der Waals surface area contributed by atoms with Gasteiger partial charge in [0.05, 0.1) is 0 Å². The summed E-state index contributed by atoms with van der Waals surface area (Å²) in [7, 11) is 1.75. The fourth-order valence-electron chi connectivity index (χ4n) is 5.59. The van der Waals surface area contributed by atoms with Crippen molar-refractivity contribution in [3.8, 4) is 5.75 Å². The van der Waals surface area contributed by atoms with Gasteiger partial charge in [-0.3, -0.25) is 9.59 Å². The molecule has 0 radical (unpaired) electrons. The Morgan fingerprint density at radius 3 is 2.08 bits per heavy atom. The smallest absolute Gasteiger partial charge is 0.407 e. The zero-order valence-corrected chi connectivity index (χ0v) is 32.1. The number of rotatable bonds is 16. The summed E-state index contributed by atoms with van der Waals surface area (Å²) >= 11 is 0. The summed E-state index contributed by atoms with van der Waals surface area (Å²) in [5.74, 6) is -0.640. The Hall–Kier alpha value is -5.32. The van der Waals surface area contributed by atoms with E-state index in [0.717, 1.165) is 11.1 Å². The standard InChI is InChI=1S/C42H54N4O7/c1-41(2,3)52-39(49)34(20-14-15-24-43-40(50)53-42(4,5)6)44-38(48)36-27-32-26-33(51-29-31-18-12-9-13-19-31)21-22-35(32)46(36)28-37(47)45(7)25-23-30-16-10-8-11-17-30/h8-13,16-19,21-22,26-27,34H,14-15,20,23-25,28-29H2,1-7H3,(H,43,50)(H,44,48). The number of esters is 1. The highest BCUT2D eigenvalue weighted by Gasteiger charge is 2.29. The summed E-state index contributed by atoms with van der Waals surface area (Å²) in [6.45, 7) is 11.8. The maximum absolute atomic E-state index is 14.1. The quantitative estimate of drug-likeness (QED) is 0.0935. The van der Waals surface area contributed by atoms with E-state index in [2.05, 4.69) is 10.6 Å². The molecule has 0 fully saturated rings. The van der Waals surface area contributed by atoms with E-state index < -0.39 is 35.2 Å². The molecule has 1 atom stereocenters. The predicted molar refractivity (Wildman–Crippen MR) is 206 cm³/mol. The van der Waals surface area contributed by atoms with Crippen LogP contribution in [0.3, 0.4) is 0 Å². The Morgan fingerprint density at radius 1 is 0.792 bits per heavy atom. The minimum absolute atomic E-state index is 0.0881. The molecule has 11 nitrogen and oxygen atoms in total. The molecule has 0 bridgehead atoms. The second-order valence-electron chi connectivity index (χ2n) is 15.1.